The number of fused-ring (bicyclic) bond motifs is 4. The molecule has 2 aliphatic carbocycles. The SMILES string of the molecule is Cc1c(O)cc2c(c1O)C(=O)c1ccccc1C2=O.O=C1c2ccccc2C(=O)c2ccccc21. The third-order valence-corrected chi connectivity index (χ3v) is 6.25. The summed E-state index contributed by atoms with van der Waals surface area (Å²) in [6, 6.07) is 21.6. The highest BCUT2D eigenvalue weighted by Crippen LogP contribution is 2.38. The molecule has 2 N–H and O–H groups in total. The van der Waals surface area contributed by atoms with Crippen LogP contribution in [0.1, 0.15) is 69.2 Å². The summed E-state index contributed by atoms with van der Waals surface area (Å²) < 4.78 is 0. The summed E-state index contributed by atoms with van der Waals surface area (Å²) in [6.45, 7) is 1.49. The second-order valence-corrected chi connectivity index (χ2v) is 8.25. The summed E-state index contributed by atoms with van der Waals surface area (Å²) >= 11 is 0. The Morgan fingerprint density at radius 2 is 0.800 bits per heavy atom. The predicted molar refractivity (Wildman–Crippen MR) is 128 cm³/mol. The van der Waals surface area contributed by atoms with Crippen molar-refractivity contribution in [3.05, 3.63) is 129 Å². The van der Waals surface area contributed by atoms with Crippen LogP contribution in [-0.4, -0.2) is 33.3 Å². The van der Waals surface area contributed by atoms with E-state index >= 15 is 0 Å². The van der Waals surface area contributed by atoms with E-state index in [-0.39, 0.29) is 51.1 Å². The van der Waals surface area contributed by atoms with Crippen LogP contribution in [-0.2, 0) is 0 Å². The molecule has 6 nitrogen and oxygen atoms in total. The van der Waals surface area contributed by atoms with Crippen molar-refractivity contribution in [2.75, 3.05) is 0 Å². The van der Waals surface area contributed by atoms with Crippen LogP contribution in [0.15, 0.2) is 78.9 Å². The Hall–Kier alpha value is -4.84. The topological polar surface area (TPSA) is 109 Å². The highest BCUT2D eigenvalue weighted by molar-refractivity contribution is 6.30. The molecule has 0 fully saturated rings. The summed E-state index contributed by atoms with van der Waals surface area (Å²) in [4.78, 5) is 48.8. The van der Waals surface area contributed by atoms with Crippen LogP contribution in [0.4, 0.5) is 0 Å². The lowest BCUT2D eigenvalue weighted by Crippen LogP contribution is -2.21. The van der Waals surface area contributed by atoms with Gasteiger partial charge in [0.2, 0.25) is 0 Å². The number of ketones is 4. The Labute approximate surface area is 200 Å². The van der Waals surface area contributed by atoms with Gasteiger partial charge in [0.25, 0.3) is 0 Å². The molecule has 0 saturated carbocycles. The third-order valence-electron chi connectivity index (χ3n) is 6.25. The molecule has 0 atom stereocenters. The van der Waals surface area contributed by atoms with Crippen LogP contribution in [0.3, 0.4) is 0 Å². The number of phenolic OH excluding ortho intramolecular Hbond substituents is 2. The van der Waals surface area contributed by atoms with Gasteiger partial charge in [-0.05, 0) is 13.0 Å². The van der Waals surface area contributed by atoms with Gasteiger partial charge in [-0.3, -0.25) is 19.2 Å². The molecule has 4 aromatic rings. The monoisotopic (exact) mass is 462 g/mol. The van der Waals surface area contributed by atoms with Crippen LogP contribution >= 0.6 is 0 Å². The van der Waals surface area contributed by atoms with E-state index in [0.29, 0.717) is 27.8 Å². The fourth-order valence-electron chi connectivity index (χ4n) is 4.37. The van der Waals surface area contributed by atoms with E-state index in [1.54, 1.807) is 72.8 Å². The van der Waals surface area contributed by atoms with Gasteiger partial charge in [0.15, 0.2) is 23.1 Å². The highest BCUT2D eigenvalue weighted by atomic mass is 16.3. The smallest absolute Gasteiger partial charge is 0.198 e. The third kappa shape index (κ3) is 3.35. The first-order valence-electron chi connectivity index (χ1n) is 10.8. The van der Waals surface area contributed by atoms with Gasteiger partial charge >= 0.3 is 0 Å². The van der Waals surface area contributed by atoms with Crippen LogP contribution < -0.4 is 0 Å². The maximum absolute atomic E-state index is 12.3. The average molecular weight is 462 g/mol. The Morgan fingerprint density at radius 3 is 1.17 bits per heavy atom. The molecule has 170 valence electrons. The summed E-state index contributed by atoms with van der Waals surface area (Å²) in [5.41, 5.74) is 2.81. The molecular weight excluding hydrogens is 444 g/mol. The average Bonchev–Trinajstić information content (AvgIpc) is 2.89. The van der Waals surface area contributed by atoms with Crippen molar-refractivity contribution in [1.82, 2.24) is 0 Å². The number of hydrogen-bond acceptors (Lipinski definition) is 6. The van der Waals surface area contributed by atoms with Gasteiger partial charge in [0.1, 0.15) is 11.5 Å². The number of aromatic hydroxyl groups is 2. The minimum Gasteiger partial charge on any atom is -0.508 e. The van der Waals surface area contributed by atoms with Gasteiger partial charge in [-0.25, -0.2) is 0 Å². The summed E-state index contributed by atoms with van der Waals surface area (Å²) in [5.74, 6) is -1.42. The molecule has 0 heterocycles. The number of hydrogen-bond donors (Lipinski definition) is 2. The van der Waals surface area contributed by atoms with Gasteiger partial charge in [0.05, 0.1) is 5.56 Å². The van der Waals surface area contributed by atoms with Crippen molar-refractivity contribution in [3.8, 4) is 11.5 Å². The first-order chi connectivity index (χ1) is 16.8. The summed E-state index contributed by atoms with van der Waals surface area (Å²) in [5, 5.41) is 19.7. The van der Waals surface area contributed by atoms with Gasteiger partial charge in [-0.2, -0.15) is 0 Å². The summed E-state index contributed by atoms with van der Waals surface area (Å²) in [7, 11) is 0. The molecule has 4 aromatic carbocycles. The molecule has 0 radical (unpaired) electrons. The van der Waals surface area contributed by atoms with Crippen molar-refractivity contribution < 1.29 is 29.4 Å². The maximum Gasteiger partial charge on any atom is 0.198 e. The van der Waals surface area contributed by atoms with Gasteiger partial charge in [-0.1, -0.05) is 72.8 Å². The van der Waals surface area contributed by atoms with E-state index in [1.165, 1.54) is 13.0 Å². The lowest BCUT2D eigenvalue weighted by atomic mass is 9.82. The highest BCUT2D eigenvalue weighted by Gasteiger charge is 2.33. The van der Waals surface area contributed by atoms with Crippen molar-refractivity contribution in [1.29, 1.82) is 0 Å². The molecule has 0 unspecified atom stereocenters. The first-order valence-corrected chi connectivity index (χ1v) is 10.8. The zero-order chi connectivity index (χ0) is 24.9. The number of rotatable bonds is 0. The van der Waals surface area contributed by atoms with Crippen molar-refractivity contribution in [2.45, 2.75) is 6.92 Å². The van der Waals surface area contributed by atoms with E-state index in [0.717, 1.165) is 0 Å². The van der Waals surface area contributed by atoms with Gasteiger partial charge in [-0.15, -0.1) is 0 Å². The van der Waals surface area contributed by atoms with E-state index in [9.17, 15) is 29.4 Å². The standard InChI is InChI=1S/C15H10O4.C14H8O2/c1-7-11(16)6-10-12(13(7)17)15(19)9-5-3-2-4-8(9)14(10)18;15-13-9-5-1-2-6-10(9)14(16)12-8-4-3-7-11(12)13/h2-6,16-17H,1H3;1-8H. The first kappa shape index (κ1) is 22.0. The largest absolute Gasteiger partial charge is 0.508 e. The second kappa shape index (κ2) is 8.18. The molecule has 0 aliphatic heterocycles. The van der Waals surface area contributed by atoms with Crippen LogP contribution in [0, 0.1) is 6.92 Å². The molecule has 0 aromatic heterocycles. The van der Waals surface area contributed by atoms with Crippen LogP contribution in [0.2, 0.25) is 0 Å². The molecule has 6 rings (SSSR count). The molecule has 0 bridgehead atoms. The molecule has 2 aliphatic rings. The summed E-state index contributed by atoms with van der Waals surface area (Å²) in [6.07, 6.45) is 0. The maximum atomic E-state index is 12.3. The molecule has 6 heteroatoms. The lowest BCUT2D eigenvalue weighted by Gasteiger charge is -2.19. The molecule has 0 spiro atoms. The number of phenols is 2. The van der Waals surface area contributed by atoms with E-state index in [1.807, 2.05) is 0 Å². The van der Waals surface area contributed by atoms with Gasteiger partial charge in [0, 0.05) is 44.5 Å². The molecule has 0 saturated heterocycles. The van der Waals surface area contributed by atoms with Crippen LogP contribution in [0.25, 0.3) is 0 Å². The number of carbonyl (C=O) groups is 4. The normalized spacial score (nSPS) is 13.2. The zero-order valence-corrected chi connectivity index (χ0v) is 18.5. The van der Waals surface area contributed by atoms with Gasteiger partial charge < -0.3 is 10.2 Å². The minimum atomic E-state index is -0.397. The zero-order valence-electron chi connectivity index (χ0n) is 18.5. The Balaban J connectivity index is 0.000000147. The lowest BCUT2D eigenvalue weighted by molar-refractivity contribution is 0.0976. The fraction of sp³-hybridized carbons (Fsp3) is 0.0345. The Bertz CT molecular complexity index is 1490. The molecule has 0 amide bonds. The second-order valence-electron chi connectivity index (χ2n) is 8.25. The van der Waals surface area contributed by atoms with Crippen LogP contribution in [0.5, 0.6) is 11.5 Å². The van der Waals surface area contributed by atoms with E-state index < -0.39 is 5.78 Å². The van der Waals surface area contributed by atoms with Crippen molar-refractivity contribution >= 4 is 23.1 Å². The van der Waals surface area contributed by atoms with E-state index in [2.05, 4.69) is 0 Å². The van der Waals surface area contributed by atoms with E-state index in [4.69, 9.17) is 0 Å². The van der Waals surface area contributed by atoms with Crippen molar-refractivity contribution in [3.63, 3.8) is 0 Å². The van der Waals surface area contributed by atoms with Crippen molar-refractivity contribution in [2.24, 2.45) is 0 Å². The Kier molecular flexibility index (Phi) is 5.14. The fourth-order valence-corrected chi connectivity index (χ4v) is 4.37. The molecular formula is C29H18O6. The predicted octanol–water partition coefficient (Wildman–Crippen LogP) is 4.64. The molecule has 35 heavy (non-hydrogen) atoms. The number of carbonyl (C=O) groups excluding carboxylic acids is 4. The quantitative estimate of drug-likeness (QED) is 0.340. The number of benzene rings is 4. The minimum absolute atomic E-state index is 0.0287. The Morgan fingerprint density at radius 1 is 0.486 bits per heavy atom.